The summed E-state index contributed by atoms with van der Waals surface area (Å²) >= 11 is 0. The fraction of sp³-hybridized carbons (Fsp3) is 0.700. The number of rotatable bonds is 8. The topological polar surface area (TPSA) is 122 Å². The Labute approximate surface area is 99.7 Å². The Balaban J connectivity index is 3.65. The van der Waals surface area contributed by atoms with E-state index in [1.54, 1.807) is 6.92 Å². The zero-order valence-electron chi connectivity index (χ0n) is 9.86. The largest absolute Gasteiger partial charge is 0.480 e. The zero-order valence-corrected chi connectivity index (χ0v) is 9.86. The number of primary amides is 1. The van der Waals surface area contributed by atoms with Gasteiger partial charge in [0, 0.05) is 13.0 Å². The van der Waals surface area contributed by atoms with Gasteiger partial charge in [0.1, 0.15) is 6.04 Å². The van der Waals surface area contributed by atoms with Crippen LogP contribution < -0.4 is 16.4 Å². The number of carboxylic acids is 1. The van der Waals surface area contributed by atoms with Gasteiger partial charge in [-0.1, -0.05) is 6.92 Å². The fourth-order valence-corrected chi connectivity index (χ4v) is 1.17. The van der Waals surface area contributed by atoms with Crippen molar-refractivity contribution in [2.45, 2.75) is 38.6 Å². The van der Waals surface area contributed by atoms with Gasteiger partial charge in [-0.2, -0.15) is 0 Å². The number of unbranched alkanes of at least 4 members (excludes halogenated alkanes) is 1. The van der Waals surface area contributed by atoms with Gasteiger partial charge >= 0.3 is 12.0 Å². The van der Waals surface area contributed by atoms with E-state index in [1.165, 1.54) is 0 Å². The molecule has 17 heavy (non-hydrogen) atoms. The first-order valence-corrected chi connectivity index (χ1v) is 5.52. The van der Waals surface area contributed by atoms with Crippen molar-refractivity contribution in [1.82, 2.24) is 10.6 Å². The third kappa shape index (κ3) is 8.06. The summed E-state index contributed by atoms with van der Waals surface area (Å²) in [5.74, 6) is -1.43. The van der Waals surface area contributed by atoms with Crippen molar-refractivity contribution in [2.24, 2.45) is 5.73 Å². The number of carboxylic acid groups (broad SMARTS) is 1. The zero-order chi connectivity index (χ0) is 13.3. The number of hydrogen-bond acceptors (Lipinski definition) is 3. The van der Waals surface area contributed by atoms with Crippen LogP contribution in [-0.2, 0) is 9.59 Å². The lowest BCUT2D eigenvalue weighted by Gasteiger charge is -2.12. The summed E-state index contributed by atoms with van der Waals surface area (Å²) in [6.45, 7) is 2.06. The molecule has 0 heterocycles. The highest BCUT2D eigenvalue weighted by Gasteiger charge is 2.16. The first-order chi connectivity index (χ1) is 7.97. The third-order valence-electron chi connectivity index (χ3n) is 2.15. The molecule has 0 spiro atoms. The molecule has 5 N–H and O–H groups in total. The minimum absolute atomic E-state index is 0.288. The predicted octanol–water partition coefficient (Wildman–Crippen LogP) is -0.196. The summed E-state index contributed by atoms with van der Waals surface area (Å²) in [5, 5.41) is 13.5. The van der Waals surface area contributed by atoms with Gasteiger partial charge in [0.25, 0.3) is 0 Å². The maximum atomic E-state index is 11.2. The summed E-state index contributed by atoms with van der Waals surface area (Å²) in [5.41, 5.74) is 4.95. The number of urea groups is 1. The minimum atomic E-state index is -1.06. The molecular formula is C10H19N3O4. The first kappa shape index (κ1) is 15.2. The fourth-order valence-electron chi connectivity index (χ4n) is 1.17. The molecule has 0 radical (unpaired) electrons. The number of carbonyl (C=O) groups excluding carboxylic acids is 2. The van der Waals surface area contributed by atoms with Gasteiger partial charge in [-0.15, -0.1) is 0 Å². The molecule has 0 rings (SSSR count). The molecule has 0 aromatic carbocycles. The lowest BCUT2D eigenvalue weighted by atomic mass is 10.2. The third-order valence-corrected chi connectivity index (χ3v) is 2.15. The lowest BCUT2D eigenvalue weighted by molar-refractivity contribution is -0.139. The van der Waals surface area contributed by atoms with E-state index in [1.807, 2.05) is 0 Å². The number of nitrogens with one attached hydrogen (secondary N) is 2. The normalized spacial score (nSPS) is 11.6. The van der Waals surface area contributed by atoms with Gasteiger partial charge < -0.3 is 21.5 Å². The van der Waals surface area contributed by atoms with Gasteiger partial charge in [0.2, 0.25) is 5.91 Å². The number of carbonyl (C=O) groups is 3. The Bertz CT molecular complexity index is 281. The summed E-state index contributed by atoms with van der Waals surface area (Å²) in [7, 11) is 0. The lowest BCUT2D eigenvalue weighted by Crippen LogP contribution is -2.45. The second-order valence-corrected chi connectivity index (χ2v) is 3.62. The van der Waals surface area contributed by atoms with Crippen molar-refractivity contribution >= 4 is 17.9 Å². The van der Waals surface area contributed by atoms with Crippen molar-refractivity contribution in [3.8, 4) is 0 Å². The van der Waals surface area contributed by atoms with Crippen LogP contribution >= 0.6 is 0 Å². The molecule has 0 aromatic heterocycles. The van der Waals surface area contributed by atoms with Crippen molar-refractivity contribution in [3.05, 3.63) is 0 Å². The van der Waals surface area contributed by atoms with E-state index in [2.05, 4.69) is 10.6 Å². The maximum Gasteiger partial charge on any atom is 0.326 e. The molecule has 0 aliphatic rings. The molecule has 0 saturated heterocycles. The molecule has 3 amide bonds. The average molecular weight is 245 g/mol. The molecule has 0 aliphatic carbocycles. The van der Waals surface area contributed by atoms with Crippen LogP contribution in [0.15, 0.2) is 0 Å². The smallest absolute Gasteiger partial charge is 0.326 e. The Hall–Kier alpha value is -1.79. The highest BCUT2D eigenvalue weighted by molar-refractivity contribution is 5.82. The van der Waals surface area contributed by atoms with Crippen LogP contribution in [0.3, 0.4) is 0 Å². The second kappa shape index (κ2) is 8.37. The van der Waals surface area contributed by atoms with E-state index in [0.717, 1.165) is 0 Å². The van der Waals surface area contributed by atoms with Crippen LogP contribution in [0.1, 0.15) is 32.6 Å². The summed E-state index contributed by atoms with van der Waals surface area (Å²) < 4.78 is 0. The van der Waals surface area contributed by atoms with Crippen molar-refractivity contribution in [1.29, 1.82) is 0 Å². The number of aliphatic carboxylic acids is 1. The molecule has 0 bridgehead atoms. The van der Waals surface area contributed by atoms with Gasteiger partial charge in [-0.05, 0) is 19.3 Å². The maximum absolute atomic E-state index is 11.2. The van der Waals surface area contributed by atoms with Gasteiger partial charge in [0.15, 0.2) is 0 Å². The van der Waals surface area contributed by atoms with E-state index in [0.29, 0.717) is 25.8 Å². The standard InChI is InChI=1S/C10H19N3O4/c1-2-7(9(15)16)13-10(17)12-6-4-3-5-8(11)14/h7H,2-6H2,1H3,(H2,11,14)(H,15,16)(H2,12,13,17)/t7-/m0/s1. The van der Waals surface area contributed by atoms with Crippen molar-refractivity contribution in [3.63, 3.8) is 0 Å². The minimum Gasteiger partial charge on any atom is -0.480 e. The van der Waals surface area contributed by atoms with Crippen LogP contribution in [0.5, 0.6) is 0 Å². The number of nitrogens with two attached hydrogens (primary N) is 1. The second-order valence-electron chi connectivity index (χ2n) is 3.62. The van der Waals surface area contributed by atoms with Crippen molar-refractivity contribution < 1.29 is 19.5 Å². The molecular weight excluding hydrogens is 226 g/mol. The highest BCUT2D eigenvalue weighted by Crippen LogP contribution is 1.93. The molecule has 0 unspecified atom stereocenters. The SMILES string of the molecule is CC[C@H](NC(=O)NCCCCC(N)=O)C(=O)O. The van der Waals surface area contributed by atoms with Crippen molar-refractivity contribution in [2.75, 3.05) is 6.54 Å². The van der Waals surface area contributed by atoms with Crippen LogP contribution in [0.25, 0.3) is 0 Å². The number of amides is 3. The molecule has 0 saturated carbocycles. The van der Waals surface area contributed by atoms with Gasteiger partial charge in [0.05, 0.1) is 0 Å². The van der Waals surface area contributed by atoms with E-state index < -0.39 is 18.0 Å². The van der Waals surface area contributed by atoms with Crippen LogP contribution in [0.2, 0.25) is 0 Å². The highest BCUT2D eigenvalue weighted by atomic mass is 16.4. The summed E-state index contributed by atoms with van der Waals surface area (Å²) in [4.78, 5) is 32.3. The Kier molecular flexibility index (Phi) is 7.49. The predicted molar refractivity (Wildman–Crippen MR) is 61.3 cm³/mol. The summed E-state index contributed by atoms with van der Waals surface area (Å²) in [6.07, 6.45) is 1.84. The Morgan fingerprint density at radius 2 is 1.94 bits per heavy atom. The summed E-state index contributed by atoms with van der Waals surface area (Å²) in [6, 6.07) is -1.39. The van der Waals surface area contributed by atoms with Crippen LogP contribution in [0, 0.1) is 0 Å². The molecule has 1 atom stereocenters. The van der Waals surface area contributed by atoms with Gasteiger partial charge in [-0.25, -0.2) is 9.59 Å². The van der Waals surface area contributed by atoms with Crippen LogP contribution in [-0.4, -0.2) is 35.6 Å². The van der Waals surface area contributed by atoms with E-state index >= 15 is 0 Å². The first-order valence-electron chi connectivity index (χ1n) is 5.52. The molecule has 7 heteroatoms. The number of hydrogen-bond donors (Lipinski definition) is 4. The molecule has 7 nitrogen and oxygen atoms in total. The van der Waals surface area contributed by atoms with Crippen LogP contribution in [0.4, 0.5) is 4.79 Å². The Morgan fingerprint density at radius 1 is 1.29 bits per heavy atom. The monoisotopic (exact) mass is 245 g/mol. The van der Waals surface area contributed by atoms with Gasteiger partial charge in [-0.3, -0.25) is 4.79 Å². The quantitative estimate of drug-likeness (QED) is 0.442. The molecule has 0 fully saturated rings. The Morgan fingerprint density at radius 3 is 2.41 bits per heavy atom. The molecule has 98 valence electrons. The van der Waals surface area contributed by atoms with E-state index in [9.17, 15) is 14.4 Å². The molecule has 0 aromatic rings. The molecule has 0 aliphatic heterocycles. The van der Waals surface area contributed by atoms with E-state index in [4.69, 9.17) is 10.8 Å². The average Bonchev–Trinajstić information content (AvgIpc) is 2.24. The van der Waals surface area contributed by atoms with E-state index in [-0.39, 0.29) is 12.3 Å².